The van der Waals surface area contributed by atoms with E-state index in [9.17, 15) is 10.1 Å². The molecular formula is C10H15N3O3. The summed E-state index contributed by atoms with van der Waals surface area (Å²) in [5, 5.41) is 22.7. The highest BCUT2D eigenvalue weighted by Gasteiger charge is 2.17. The molecule has 0 bridgehead atoms. The van der Waals surface area contributed by atoms with Gasteiger partial charge in [-0.05, 0) is 18.9 Å². The zero-order chi connectivity index (χ0) is 12.1. The minimum absolute atomic E-state index is 0.0211. The number of nitrogens with zero attached hydrogens (tertiary/aromatic N) is 2. The van der Waals surface area contributed by atoms with Crippen LogP contribution in [0.3, 0.4) is 0 Å². The van der Waals surface area contributed by atoms with Crippen molar-refractivity contribution in [1.29, 1.82) is 0 Å². The minimum Gasteiger partial charge on any atom is -0.396 e. The van der Waals surface area contributed by atoms with Crippen molar-refractivity contribution in [2.24, 2.45) is 5.92 Å². The first kappa shape index (κ1) is 12.4. The highest BCUT2D eigenvalue weighted by Crippen LogP contribution is 2.23. The molecule has 0 aromatic carbocycles. The Hall–Kier alpha value is -1.69. The van der Waals surface area contributed by atoms with E-state index < -0.39 is 4.92 Å². The quantitative estimate of drug-likeness (QED) is 0.584. The van der Waals surface area contributed by atoms with Crippen LogP contribution in [0, 0.1) is 16.0 Å². The molecule has 16 heavy (non-hydrogen) atoms. The highest BCUT2D eigenvalue weighted by atomic mass is 16.6. The van der Waals surface area contributed by atoms with Gasteiger partial charge in [-0.15, -0.1) is 0 Å². The molecule has 1 aromatic heterocycles. The SMILES string of the molecule is CC(CO)C(C)Nc1ccncc1[N+](=O)[O-]. The van der Waals surface area contributed by atoms with Gasteiger partial charge in [-0.2, -0.15) is 0 Å². The summed E-state index contributed by atoms with van der Waals surface area (Å²) in [6.07, 6.45) is 2.70. The van der Waals surface area contributed by atoms with Gasteiger partial charge < -0.3 is 10.4 Å². The molecule has 0 fully saturated rings. The molecule has 2 atom stereocenters. The van der Waals surface area contributed by atoms with E-state index in [0.717, 1.165) is 0 Å². The van der Waals surface area contributed by atoms with Crippen molar-refractivity contribution < 1.29 is 10.0 Å². The summed E-state index contributed by atoms with van der Waals surface area (Å²) in [7, 11) is 0. The number of nitrogens with one attached hydrogen (secondary N) is 1. The number of hydrogen-bond donors (Lipinski definition) is 2. The maximum atomic E-state index is 10.7. The number of aliphatic hydroxyl groups excluding tert-OH is 1. The van der Waals surface area contributed by atoms with Crippen LogP contribution in [0.15, 0.2) is 18.5 Å². The lowest BCUT2D eigenvalue weighted by Crippen LogP contribution is -2.26. The number of pyridine rings is 1. The zero-order valence-electron chi connectivity index (χ0n) is 9.25. The number of aromatic nitrogens is 1. The lowest BCUT2D eigenvalue weighted by molar-refractivity contribution is -0.384. The molecule has 0 amide bonds. The van der Waals surface area contributed by atoms with Gasteiger partial charge in [0.05, 0.1) is 4.92 Å². The second kappa shape index (κ2) is 5.41. The summed E-state index contributed by atoms with van der Waals surface area (Å²) in [4.78, 5) is 13.9. The van der Waals surface area contributed by atoms with E-state index in [4.69, 9.17) is 5.11 Å². The minimum atomic E-state index is -0.480. The number of rotatable bonds is 5. The summed E-state index contributed by atoms with van der Waals surface area (Å²) < 4.78 is 0. The normalized spacial score (nSPS) is 14.2. The first-order valence-corrected chi connectivity index (χ1v) is 5.02. The van der Waals surface area contributed by atoms with Crippen molar-refractivity contribution in [2.75, 3.05) is 11.9 Å². The Morgan fingerprint density at radius 3 is 2.88 bits per heavy atom. The maximum Gasteiger partial charge on any atom is 0.310 e. The molecule has 1 rings (SSSR count). The smallest absolute Gasteiger partial charge is 0.310 e. The predicted molar refractivity (Wildman–Crippen MR) is 60.2 cm³/mol. The van der Waals surface area contributed by atoms with Crippen molar-refractivity contribution in [1.82, 2.24) is 4.98 Å². The molecule has 0 saturated heterocycles. The van der Waals surface area contributed by atoms with Crippen LogP contribution in [-0.4, -0.2) is 27.7 Å². The molecule has 0 aliphatic heterocycles. The molecule has 0 aliphatic rings. The van der Waals surface area contributed by atoms with E-state index in [2.05, 4.69) is 10.3 Å². The van der Waals surface area contributed by atoms with Gasteiger partial charge in [0.1, 0.15) is 11.9 Å². The molecule has 0 aliphatic carbocycles. The van der Waals surface area contributed by atoms with Crippen LogP contribution in [0.1, 0.15) is 13.8 Å². The third-order valence-corrected chi connectivity index (χ3v) is 2.52. The van der Waals surface area contributed by atoms with Gasteiger partial charge in [0.15, 0.2) is 0 Å². The fourth-order valence-electron chi connectivity index (χ4n) is 1.20. The fourth-order valence-corrected chi connectivity index (χ4v) is 1.20. The Labute approximate surface area is 93.5 Å². The van der Waals surface area contributed by atoms with Crippen LogP contribution in [-0.2, 0) is 0 Å². The van der Waals surface area contributed by atoms with E-state index in [0.29, 0.717) is 5.69 Å². The summed E-state index contributed by atoms with van der Waals surface area (Å²) in [6.45, 7) is 3.77. The average molecular weight is 225 g/mol. The van der Waals surface area contributed by atoms with E-state index in [1.807, 2.05) is 13.8 Å². The second-order valence-corrected chi connectivity index (χ2v) is 3.74. The van der Waals surface area contributed by atoms with Gasteiger partial charge in [0.25, 0.3) is 0 Å². The molecule has 1 heterocycles. The first-order valence-electron chi connectivity index (χ1n) is 5.02. The standard InChI is InChI=1S/C10H15N3O3/c1-7(6-14)8(2)12-9-3-4-11-5-10(9)13(15)16/h3-5,7-8,14H,6H2,1-2H3,(H,11,12). The van der Waals surface area contributed by atoms with E-state index in [-0.39, 0.29) is 24.3 Å². The van der Waals surface area contributed by atoms with E-state index in [1.54, 1.807) is 6.07 Å². The Kier molecular flexibility index (Phi) is 4.19. The molecule has 2 N–H and O–H groups in total. The third kappa shape index (κ3) is 2.90. The summed E-state index contributed by atoms with van der Waals surface area (Å²) in [5.74, 6) is 0.0211. The Bertz CT molecular complexity index is 370. The monoisotopic (exact) mass is 225 g/mol. The Morgan fingerprint density at radius 2 is 2.31 bits per heavy atom. The van der Waals surface area contributed by atoms with Crippen LogP contribution >= 0.6 is 0 Å². The fraction of sp³-hybridized carbons (Fsp3) is 0.500. The largest absolute Gasteiger partial charge is 0.396 e. The molecular weight excluding hydrogens is 210 g/mol. The summed E-state index contributed by atoms with van der Waals surface area (Å²) >= 11 is 0. The first-order chi connectivity index (χ1) is 7.56. The molecule has 6 nitrogen and oxygen atoms in total. The van der Waals surface area contributed by atoms with Crippen molar-refractivity contribution in [2.45, 2.75) is 19.9 Å². The molecule has 0 saturated carbocycles. The van der Waals surface area contributed by atoms with Gasteiger partial charge in [0.2, 0.25) is 0 Å². The van der Waals surface area contributed by atoms with Crippen molar-refractivity contribution in [3.63, 3.8) is 0 Å². The topological polar surface area (TPSA) is 88.3 Å². The molecule has 1 aromatic rings. The van der Waals surface area contributed by atoms with Gasteiger partial charge in [-0.1, -0.05) is 6.92 Å². The van der Waals surface area contributed by atoms with Gasteiger partial charge in [-0.25, -0.2) is 0 Å². The van der Waals surface area contributed by atoms with E-state index in [1.165, 1.54) is 12.4 Å². The lowest BCUT2D eigenvalue weighted by Gasteiger charge is -2.20. The van der Waals surface area contributed by atoms with Gasteiger partial charge in [-0.3, -0.25) is 15.1 Å². The van der Waals surface area contributed by atoms with Crippen LogP contribution in [0.2, 0.25) is 0 Å². The number of anilines is 1. The van der Waals surface area contributed by atoms with Crippen LogP contribution in [0.5, 0.6) is 0 Å². The number of hydrogen-bond acceptors (Lipinski definition) is 5. The highest BCUT2D eigenvalue weighted by molar-refractivity contribution is 5.60. The van der Waals surface area contributed by atoms with Crippen molar-refractivity contribution >= 4 is 11.4 Å². The molecule has 6 heteroatoms. The second-order valence-electron chi connectivity index (χ2n) is 3.74. The summed E-state index contributed by atoms with van der Waals surface area (Å²) in [5.41, 5.74) is 0.368. The van der Waals surface area contributed by atoms with Crippen molar-refractivity contribution in [3.8, 4) is 0 Å². The van der Waals surface area contributed by atoms with E-state index >= 15 is 0 Å². The zero-order valence-corrected chi connectivity index (χ0v) is 9.25. The number of aliphatic hydroxyl groups is 1. The van der Waals surface area contributed by atoms with Gasteiger partial charge in [0, 0.05) is 18.8 Å². The molecule has 0 spiro atoms. The van der Waals surface area contributed by atoms with Crippen molar-refractivity contribution in [3.05, 3.63) is 28.6 Å². The number of nitro groups is 1. The van der Waals surface area contributed by atoms with Gasteiger partial charge >= 0.3 is 5.69 Å². The lowest BCUT2D eigenvalue weighted by atomic mass is 10.0. The van der Waals surface area contributed by atoms with Crippen LogP contribution in [0.25, 0.3) is 0 Å². The Balaban J connectivity index is 2.84. The van der Waals surface area contributed by atoms with Crippen LogP contribution in [0.4, 0.5) is 11.4 Å². The van der Waals surface area contributed by atoms with Crippen LogP contribution < -0.4 is 5.32 Å². The maximum absolute atomic E-state index is 10.7. The average Bonchev–Trinajstić information content (AvgIpc) is 2.28. The predicted octanol–water partition coefficient (Wildman–Crippen LogP) is 1.42. The molecule has 2 unspecified atom stereocenters. The Morgan fingerprint density at radius 1 is 1.62 bits per heavy atom. The summed E-state index contributed by atoms with van der Waals surface area (Å²) in [6, 6.07) is 1.50. The molecule has 88 valence electrons. The third-order valence-electron chi connectivity index (χ3n) is 2.52. The molecule has 0 radical (unpaired) electrons.